The van der Waals surface area contributed by atoms with Crippen molar-refractivity contribution in [3.8, 4) is 22.6 Å². The van der Waals surface area contributed by atoms with Crippen molar-refractivity contribution in [3.63, 3.8) is 0 Å². The van der Waals surface area contributed by atoms with Gasteiger partial charge in [-0.1, -0.05) is 110 Å². The number of amides is 3. The first-order valence-corrected chi connectivity index (χ1v) is 16.4. The number of fused-ring (bicyclic) bond motifs is 2. The fourth-order valence-electron chi connectivity index (χ4n) is 5.48. The maximum atomic E-state index is 12.9. The lowest BCUT2D eigenvalue weighted by atomic mass is 9.92. The third kappa shape index (κ3) is 9.60. The van der Waals surface area contributed by atoms with E-state index in [2.05, 4.69) is 29.1 Å². The van der Waals surface area contributed by atoms with Crippen LogP contribution >= 0.6 is 0 Å². The van der Waals surface area contributed by atoms with E-state index < -0.39 is 42.8 Å². The molecule has 260 valence electrons. The second kappa shape index (κ2) is 17.8. The van der Waals surface area contributed by atoms with Gasteiger partial charge in [-0.25, -0.2) is 4.79 Å². The van der Waals surface area contributed by atoms with Crippen molar-refractivity contribution in [1.29, 1.82) is 0 Å². The molecule has 0 fully saturated rings. The molecule has 51 heavy (non-hydrogen) atoms. The standard InChI is InChI=1S/C41H39N3O7/c1-3-12-33(41(48)51-26-28-13-6-5-7-14-28)44-37(46)25-42-36(45)24-43-38(47)27-50-35-22-20-30-16-9-11-18-32(30)40(35)39-31-17-10-8-15-29(31)19-21-34(39)49-23-4-2/h3-11,13-22,33H,1-2,12,23-27H2,(H,42,45)(H,43,47)(H,44,46)/t33-/m0/s1. The van der Waals surface area contributed by atoms with Gasteiger partial charge in [-0.05, 0) is 45.7 Å². The molecule has 0 aliphatic rings. The lowest BCUT2D eigenvalue weighted by Crippen LogP contribution is -2.47. The normalized spacial score (nSPS) is 11.2. The van der Waals surface area contributed by atoms with Gasteiger partial charge in [0.25, 0.3) is 5.91 Å². The summed E-state index contributed by atoms with van der Waals surface area (Å²) < 4.78 is 17.5. The van der Waals surface area contributed by atoms with Crippen LogP contribution in [0.4, 0.5) is 0 Å². The monoisotopic (exact) mass is 685 g/mol. The Kier molecular flexibility index (Phi) is 12.5. The minimum absolute atomic E-state index is 0.0554. The highest BCUT2D eigenvalue weighted by Gasteiger charge is 2.22. The van der Waals surface area contributed by atoms with Gasteiger partial charge in [0.15, 0.2) is 6.61 Å². The van der Waals surface area contributed by atoms with Crippen LogP contribution in [0.2, 0.25) is 0 Å². The molecule has 3 N–H and O–H groups in total. The molecule has 5 rings (SSSR count). The SMILES string of the molecule is C=CCOc1ccc2ccccc2c1-c1c(OCC(=O)NCC(=O)NCC(=O)N[C@@H](CC=C)C(=O)OCc2ccccc2)ccc2ccccc12. The number of carbonyl (C=O) groups excluding carboxylic acids is 4. The summed E-state index contributed by atoms with van der Waals surface area (Å²) in [7, 11) is 0. The smallest absolute Gasteiger partial charge is 0.329 e. The van der Waals surface area contributed by atoms with Gasteiger partial charge >= 0.3 is 5.97 Å². The van der Waals surface area contributed by atoms with E-state index in [0.717, 1.165) is 38.2 Å². The summed E-state index contributed by atoms with van der Waals surface area (Å²) in [6, 6.07) is 31.7. The second-order valence-corrected chi connectivity index (χ2v) is 11.5. The summed E-state index contributed by atoms with van der Waals surface area (Å²) in [5.41, 5.74) is 2.39. The predicted octanol–water partition coefficient (Wildman–Crippen LogP) is 5.64. The number of hydrogen-bond acceptors (Lipinski definition) is 7. The van der Waals surface area contributed by atoms with Gasteiger partial charge in [-0.15, -0.1) is 6.58 Å². The average molecular weight is 686 g/mol. The van der Waals surface area contributed by atoms with Gasteiger partial charge in [0, 0.05) is 11.1 Å². The highest BCUT2D eigenvalue weighted by Crippen LogP contribution is 2.45. The van der Waals surface area contributed by atoms with Crippen LogP contribution in [-0.4, -0.2) is 56.0 Å². The third-order valence-electron chi connectivity index (χ3n) is 7.89. The topological polar surface area (TPSA) is 132 Å². The Morgan fingerprint density at radius 1 is 0.627 bits per heavy atom. The van der Waals surface area contributed by atoms with E-state index in [1.807, 2.05) is 103 Å². The Labute approximate surface area is 296 Å². The second-order valence-electron chi connectivity index (χ2n) is 11.5. The van der Waals surface area contributed by atoms with Crippen LogP contribution in [-0.2, 0) is 30.5 Å². The van der Waals surface area contributed by atoms with Crippen molar-refractivity contribution in [2.24, 2.45) is 0 Å². The van der Waals surface area contributed by atoms with Crippen LogP contribution in [0.1, 0.15) is 12.0 Å². The molecule has 0 spiro atoms. The zero-order valence-corrected chi connectivity index (χ0v) is 28.1. The summed E-state index contributed by atoms with van der Waals surface area (Å²) >= 11 is 0. The number of nitrogens with one attached hydrogen (secondary N) is 3. The lowest BCUT2D eigenvalue weighted by molar-refractivity contribution is -0.149. The molecular weight excluding hydrogens is 646 g/mol. The molecule has 5 aromatic rings. The van der Waals surface area contributed by atoms with Crippen LogP contribution in [0, 0.1) is 0 Å². The van der Waals surface area contributed by atoms with Gasteiger partial charge in [0.2, 0.25) is 11.8 Å². The molecule has 0 heterocycles. The van der Waals surface area contributed by atoms with Crippen molar-refractivity contribution >= 4 is 45.2 Å². The fraction of sp³-hybridized carbons (Fsp3) is 0.171. The number of esters is 1. The van der Waals surface area contributed by atoms with Crippen molar-refractivity contribution in [1.82, 2.24) is 16.0 Å². The molecular formula is C41H39N3O7. The third-order valence-corrected chi connectivity index (χ3v) is 7.89. The summed E-state index contributed by atoms with van der Waals surface area (Å²) in [5.74, 6) is -1.27. The highest BCUT2D eigenvalue weighted by molar-refractivity contribution is 6.09. The Bertz CT molecular complexity index is 2040. The predicted molar refractivity (Wildman–Crippen MR) is 197 cm³/mol. The van der Waals surface area contributed by atoms with E-state index >= 15 is 0 Å². The van der Waals surface area contributed by atoms with E-state index in [4.69, 9.17) is 14.2 Å². The Morgan fingerprint density at radius 2 is 1.20 bits per heavy atom. The van der Waals surface area contributed by atoms with Gasteiger partial charge < -0.3 is 30.2 Å². The summed E-state index contributed by atoms with van der Waals surface area (Å²) in [5, 5.41) is 11.4. The first-order chi connectivity index (χ1) is 24.9. The summed E-state index contributed by atoms with van der Waals surface area (Å²) in [4.78, 5) is 50.4. The maximum absolute atomic E-state index is 12.9. The lowest BCUT2D eigenvalue weighted by Gasteiger charge is -2.19. The van der Waals surface area contributed by atoms with E-state index in [1.165, 1.54) is 6.08 Å². The largest absolute Gasteiger partial charge is 0.489 e. The van der Waals surface area contributed by atoms with Gasteiger partial charge in [0.05, 0.1) is 13.1 Å². The van der Waals surface area contributed by atoms with E-state index in [9.17, 15) is 19.2 Å². The molecule has 0 saturated heterocycles. The van der Waals surface area contributed by atoms with Crippen molar-refractivity contribution in [2.75, 3.05) is 26.3 Å². The van der Waals surface area contributed by atoms with Crippen LogP contribution < -0.4 is 25.4 Å². The molecule has 0 aromatic heterocycles. The van der Waals surface area contributed by atoms with Crippen molar-refractivity contribution in [3.05, 3.63) is 134 Å². The number of rotatable bonds is 17. The molecule has 5 aromatic carbocycles. The van der Waals surface area contributed by atoms with Crippen molar-refractivity contribution < 1.29 is 33.4 Å². The highest BCUT2D eigenvalue weighted by atomic mass is 16.5. The van der Waals surface area contributed by atoms with Crippen LogP contribution in [0.5, 0.6) is 11.5 Å². The van der Waals surface area contributed by atoms with Crippen LogP contribution in [0.3, 0.4) is 0 Å². The van der Waals surface area contributed by atoms with Crippen LogP contribution in [0.25, 0.3) is 32.7 Å². The molecule has 10 nitrogen and oxygen atoms in total. The molecule has 1 atom stereocenters. The minimum Gasteiger partial charge on any atom is -0.489 e. The van der Waals surface area contributed by atoms with Gasteiger partial charge in [0.1, 0.15) is 30.8 Å². The van der Waals surface area contributed by atoms with E-state index in [-0.39, 0.29) is 19.6 Å². The first-order valence-electron chi connectivity index (χ1n) is 16.4. The average Bonchev–Trinajstić information content (AvgIpc) is 3.16. The molecule has 0 saturated carbocycles. The number of carbonyl (C=O) groups is 4. The fourth-order valence-corrected chi connectivity index (χ4v) is 5.48. The molecule has 0 aliphatic carbocycles. The van der Waals surface area contributed by atoms with E-state index in [0.29, 0.717) is 18.1 Å². The van der Waals surface area contributed by atoms with Crippen molar-refractivity contribution in [2.45, 2.75) is 19.1 Å². The first kappa shape index (κ1) is 35.9. The molecule has 0 unspecified atom stereocenters. The van der Waals surface area contributed by atoms with Crippen LogP contribution in [0.15, 0.2) is 128 Å². The zero-order chi connectivity index (χ0) is 36.0. The number of hydrogen-bond donors (Lipinski definition) is 3. The Morgan fingerprint density at radius 3 is 1.82 bits per heavy atom. The minimum atomic E-state index is -0.967. The Balaban J connectivity index is 1.19. The van der Waals surface area contributed by atoms with Gasteiger partial charge in [-0.3, -0.25) is 14.4 Å². The zero-order valence-electron chi connectivity index (χ0n) is 28.1. The number of ether oxygens (including phenoxy) is 3. The molecule has 3 amide bonds. The number of benzene rings is 5. The molecule has 10 heteroatoms. The maximum Gasteiger partial charge on any atom is 0.329 e. The molecule has 0 radical (unpaired) electrons. The quantitative estimate of drug-likeness (QED) is 0.0853. The summed E-state index contributed by atoms with van der Waals surface area (Å²) in [6.45, 7) is 6.59. The molecule has 0 bridgehead atoms. The summed E-state index contributed by atoms with van der Waals surface area (Å²) in [6.07, 6.45) is 3.31. The Hall–Kier alpha value is -6.42. The van der Waals surface area contributed by atoms with E-state index in [1.54, 1.807) is 6.08 Å². The molecule has 0 aliphatic heterocycles. The van der Waals surface area contributed by atoms with Gasteiger partial charge in [-0.2, -0.15) is 0 Å².